The van der Waals surface area contributed by atoms with Gasteiger partial charge in [-0.1, -0.05) is 12.1 Å². The van der Waals surface area contributed by atoms with Crippen molar-refractivity contribution in [3.8, 4) is 11.5 Å². The quantitative estimate of drug-likeness (QED) is 0.700. The summed E-state index contributed by atoms with van der Waals surface area (Å²) in [6.45, 7) is 0.608. The van der Waals surface area contributed by atoms with Crippen LogP contribution in [0.25, 0.3) is 0 Å². The lowest BCUT2D eigenvalue weighted by atomic mass is 10.2. The molecule has 1 aliphatic rings. The topological polar surface area (TPSA) is 97.4 Å². The van der Waals surface area contributed by atoms with Crippen molar-refractivity contribution in [3.63, 3.8) is 0 Å². The Bertz CT molecular complexity index is 962. The van der Waals surface area contributed by atoms with Crippen molar-refractivity contribution in [1.82, 2.24) is 4.90 Å². The number of carbonyl (C=O) groups is 3. The molecule has 9 nitrogen and oxygen atoms in total. The van der Waals surface area contributed by atoms with Gasteiger partial charge in [-0.25, -0.2) is 9.59 Å². The van der Waals surface area contributed by atoms with E-state index in [0.717, 1.165) is 0 Å². The van der Waals surface area contributed by atoms with Crippen LogP contribution in [0.2, 0.25) is 0 Å². The van der Waals surface area contributed by atoms with Crippen LogP contribution in [0.3, 0.4) is 0 Å². The zero-order valence-electron chi connectivity index (χ0n) is 17.0. The van der Waals surface area contributed by atoms with Crippen LogP contribution in [0.15, 0.2) is 42.5 Å². The Morgan fingerprint density at radius 1 is 1.03 bits per heavy atom. The average molecular weight is 413 g/mol. The highest BCUT2D eigenvalue weighted by Gasteiger charge is 2.33. The smallest absolute Gasteiger partial charge is 0.339 e. The molecule has 9 heteroatoms. The van der Waals surface area contributed by atoms with E-state index in [0.29, 0.717) is 36.0 Å². The van der Waals surface area contributed by atoms with Gasteiger partial charge in [-0.2, -0.15) is 0 Å². The van der Waals surface area contributed by atoms with Crippen molar-refractivity contribution in [2.75, 3.05) is 51.2 Å². The molecule has 1 N–H and O–H groups in total. The number of anilines is 2. The number of hydrogen-bond donors (Lipinski definition) is 1. The van der Waals surface area contributed by atoms with Gasteiger partial charge >= 0.3 is 12.0 Å². The fraction of sp³-hybridized carbons (Fsp3) is 0.286. The van der Waals surface area contributed by atoms with Crippen molar-refractivity contribution in [2.24, 2.45) is 0 Å². The molecule has 2 aromatic carbocycles. The molecule has 2 aromatic rings. The maximum Gasteiger partial charge on any atom is 0.339 e. The van der Waals surface area contributed by atoms with Crippen LogP contribution >= 0.6 is 0 Å². The second-order valence-corrected chi connectivity index (χ2v) is 6.48. The molecule has 3 rings (SSSR count). The van der Waals surface area contributed by atoms with E-state index in [1.54, 1.807) is 49.6 Å². The molecule has 1 saturated heterocycles. The van der Waals surface area contributed by atoms with E-state index in [4.69, 9.17) is 14.2 Å². The summed E-state index contributed by atoms with van der Waals surface area (Å²) in [4.78, 5) is 40.2. The number of methoxy groups -OCH3 is 3. The second kappa shape index (κ2) is 9.17. The number of para-hydroxylation sites is 1. The predicted octanol–water partition coefficient (Wildman–Crippen LogP) is 2.37. The zero-order valence-corrected chi connectivity index (χ0v) is 17.0. The van der Waals surface area contributed by atoms with Gasteiger partial charge in [0.25, 0.3) is 0 Å². The van der Waals surface area contributed by atoms with E-state index >= 15 is 0 Å². The second-order valence-electron chi connectivity index (χ2n) is 6.48. The molecule has 0 aliphatic carbocycles. The third kappa shape index (κ3) is 4.29. The Balaban J connectivity index is 1.71. The largest absolute Gasteiger partial charge is 0.497 e. The summed E-state index contributed by atoms with van der Waals surface area (Å²) in [5.74, 6) is 0.148. The molecular formula is C21H23N3O6. The predicted molar refractivity (Wildman–Crippen MR) is 110 cm³/mol. The zero-order chi connectivity index (χ0) is 21.7. The van der Waals surface area contributed by atoms with Crippen LogP contribution in [0.4, 0.5) is 16.2 Å². The van der Waals surface area contributed by atoms with Crippen molar-refractivity contribution in [3.05, 3.63) is 48.0 Å². The lowest BCUT2D eigenvalue weighted by Gasteiger charge is -2.21. The minimum absolute atomic E-state index is 0.156. The fourth-order valence-corrected chi connectivity index (χ4v) is 3.20. The lowest BCUT2D eigenvalue weighted by molar-refractivity contribution is -0.116. The average Bonchev–Trinajstić information content (AvgIpc) is 3.12. The molecule has 0 aromatic heterocycles. The third-order valence-electron chi connectivity index (χ3n) is 4.71. The van der Waals surface area contributed by atoms with Crippen molar-refractivity contribution in [1.29, 1.82) is 0 Å². The number of urea groups is 1. The van der Waals surface area contributed by atoms with Gasteiger partial charge in [-0.05, 0) is 24.3 Å². The SMILES string of the molecule is COC(=O)c1ccccc1NC(=O)CN1CCN(c2cc(OC)ccc2OC)C1=O. The summed E-state index contributed by atoms with van der Waals surface area (Å²) < 4.78 is 15.3. The maximum absolute atomic E-state index is 12.9. The van der Waals surface area contributed by atoms with Crippen LogP contribution in [-0.2, 0) is 9.53 Å². The number of carbonyl (C=O) groups excluding carboxylic acids is 3. The van der Waals surface area contributed by atoms with Gasteiger partial charge in [0.1, 0.15) is 18.0 Å². The molecule has 0 saturated carbocycles. The highest BCUT2D eigenvalue weighted by Crippen LogP contribution is 2.34. The number of rotatable bonds is 7. The first-order chi connectivity index (χ1) is 14.5. The minimum Gasteiger partial charge on any atom is -0.497 e. The van der Waals surface area contributed by atoms with Gasteiger partial charge < -0.3 is 24.4 Å². The van der Waals surface area contributed by atoms with Gasteiger partial charge in [0, 0.05) is 19.2 Å². The Kier molecular flexibility index (Phi) is 6.41. The first kappa shape index (κ1) is 21.0. The molecule has 158 valence electrons. The summed E-state index contributed by atoms with van der Waals surface area (Å²) in [5.41, 5.74) is 1.14. The molecule has 0 spiro atoms. The summed E-state index contributed by atoms with van der Waals surface area (Å²) in [5, 5.41) is 2.67. The molecular weight excluding hydrogens is 390 g/mol. The van der Waals surface area contributed by atoms with Crippen molar-refractivity contribution < 1.29 is 28.6 Å². The molecule has 1 fully saturated rings. The summed E-state index contributed by atoms with van der Waals surface area (Å²) in [6, 6.07) is 11.4. The van der Waals surface area contributed by atoms with E-state index in [9.17, 15) is 14.4 Å². The van der Waals surface area contributed by atoms with Gasteiger partial charge in [-0.3, -0.25) is 9.69 Å². The number of nitrogens with one attached hydrogen (secondary N) is 1. The Morgan fingerprint density at radius 3 is 2.50 bits per heavy atom. The van der Waals surface area contributed by atoms with Crippen molar-refractivity contribution in [2.45, 2.75) is 0 Å². The number of esters is 1. The van der Waals surface area contributed by atoms with Crippen LogP contribution in [-0.4, -0.2) is 63.8 Å². The Hall–Kier alpha value is -3.75. The van der Waals surface area contributed by atoms with Gasteiger partial charge in [0.2, 0.25) is 5.91 Å². The summed E-state index contributed by atoms with van der Waals surface area (Å²) >= 11 is 0. The van der Waals surface area contributed by atoms with Gasteiger partial charge in [0.15, 0.2) is 0 Å². The van der Waals surface area contributed by atoms with E-state index in [-0.39, 0.29) is 18.1 Å². The Labute approximate surface area is 174 Å². The minimum atomic E-state index is -0.556. The van der Waals surface area contributed by atoms with Crippen LogP contribution < -0.4 is 19.7 Å². The van der Waals surface area contributed by atoms with Crippen LogP contribution in [0.1, 0.15) is 10.4 Å². The highest BCUT2D eigenvalue weighted by atomic mass is 16.5. The third-order valence-corrected chi connectivity index (χ3v) is 4.71. The number of benzene rings is 2. The normalized spacial score (nSPS) is 13.2. The van der Waals surface area contributed by atoms with Crippen LogP contribution in [0.5, 0.6) is 11.5 Å². The monoisotopic (exact) mass is 413 g/mol. The molecule has 1 aliphatic heterocycles. The highest BCUT2D eigenvalue weighted by molar-refractivity contribution is 6.03. The van der Waals surface area contributed by atoms with E-state index in [1.807, 2.05) is 0 Å². The van der Waals surface area contributed by atoms with Crippen molar-refractivity contribution >= 4 is 29.3 Å². The fourth-order valence-electron chi connectivity index (χ4n) is 3.20. The van der Waals surface area contributed by atoms with Gasteiger partial charge in [-0.15, -0.1) is 0 Å². The molecule has 1 heterocycles. The number of hydrogen-bond acceptors (Lipinski definition) is 6. The summed E-state index contributed by atoms with van der Waals surface area (Å²) in [6.07, 6.45) is 0. The van der Waals surface area contributed by atoms with E-state index < -0.39 is 11.9 Å². The molecule has 0 bridgehead atoms. The molecule has 0 radical (unpaired) electrons. The molecule has 0 atom stereocenters. The number of ether oxygens (including phenoxy) is 3. The maximum atomic E-state index is 12.9. The van der Waals surface area contributed by atoms with Crippen LogP contribution in [0, 0.1) is 0 Å². The van der Waals surface area contributed by atoms with E-state index in [1.165, 1.54) is 24.0 Å². The standard InChI is InChI=1S/C21H23N3O6/c1-28-14-8-9-18(29-2)17(12-14)24-11-10-23(21(24)27)13-19(25)22-16-7-5-4-6-15(16)20(26)30-3/h4-9,12H,10-11,13H2,1-3H3,(H,22,25). The molecule has 3 amide bonds. The number of nitrogens with zero attached hydrogens (tertiary/aromatic N) is 2. The Morgan fingerprint density at radius 2 is 1.80 bits per heavy atom. The molecule has 0 unspecified atom stereocenters. The van der Waals surface area contributed by atoms with E-state index in [2.05, 4.69) is 5.32 Å². The first-order valence-corrected chi connectivity index (χ1v) is 9.24. The lowest BCUT2D eigenvalue weighted by Crippen LogP contribution is -2.37. The van der Waals surface area contributed by atoms with Gasteiger partial charge in [0.05, 0.1) is 38.3 Å². The molecule has 30 heavy (non-hydrogen) atoms. The summed E-state index contributed by atoms with van der Waals surface area (Å²) in [7, 11) is 4.33. The first-order valence-electron chi connectivity index (χ1n) is 9.24. The number of amides is 3.